The molecule has 224 valence electrons. The van der Waals surface area contributed by atoms with E-state index in [9.17, 15) is 9.59 Å². The summed E-state index contributed by atoms with van der Waals surface area (Å²) in [5, 5.41) is 0. The van der Waals surface area contributed by atoms with Crippen LogP contribution in [0.15, 0.2) is 48.5 Å². The third kappa shape index (κ3) is 4.14. The quantitative estimate of drug-likeness (QED) is 0.102. The fourth-order valence-corrected chi connectivity index (χ4v) is 10.2. The van der Waals surface area contributed by atoms with Gasteiger partial charge >= 0.3 is 11.9 Å². The van der Waals surface area contributed by atoms with E-state index in [4.69, 9.17) is 9.47 Å². The molecule has 0 spiro atoms. The van der Waals surface area contributed by atoms with E-state index in [1.54, 1.807) is 0 Å². The zero-order valence-electron chi connectivity index (χ0n) is 25.6. The molecule has 6 aliphatic rings. The van der Waals surface area contributed by atoms with Crippen molar-refractivity contribution in [2.24, 2.45) is 46.3 Å². The molecule has 2 aromatic rings. The fourth-order valence-electron chi connectivity index (χ4n) is 10.2. The second-order valence-electron chi connectivity index (χ2n) is 14.1. The van der Waals surface area contributed by atoms with Crippen molar-refractivity contribution in [2.45, 2.75) is 104 Å². The number of rotatable bonds is 18. The summed E-state index contributed by atoms with van der Waals surface area (Å²) in [6.45, 7) is 4.50. The Morgan fingerprint density at radius 3 is 1.14 bits per heavy atom. The standard InChI is InChI=1S/C38H48O4/c1-3-5-7-9-11-13-15-25-17-21-27(22-18-25)41-35(39)37-29-31(37)32-30-33(37)34(29)38(30,32)36(40)42-28-23-19-26(20-24-28)16-14-12-10-8-6-4-2/h17-24,29-34H,3-16H2,1-2H3. The first-order valence-corrected chi connectivity index (χ1v) is 17.2. The molecule has 42 heavy (non-hydrogen) atoms. The summed E-state index contributed by atoms with van der Waals surface area (Å²) in [4.78, 5) is 26.8. The number of esters is 2. The van der Waals surface area contributed by atoms with Gasteiger partial charge in [-0.25, -0.2) is 0 Å². The first kappa shape index (κ1) is 28.2. The second-order valence-corrected chi connectivity index (χ2v) is 14.1. The van der Waals surface area contributed by atoms with Gasteiger partial charge in [0.2, 0.25) is 0 Å². The average molecular weight is 569 g/mol. The van der Waals surface area contributed by atoms with Crippen LogP contribution in [-0.4, -0.2) is 11.9 Å². The Hall–Kier alpha value is -2.62. The molecule has 4 nitrogen and oxygen atoms in total. The highest BCUT2D eigenvalue weighted by molar-refractivity contribution is 5.98. The maximum atomic E-state index is 13.4. The Kier molecular flexibility index (Phi) is 7.47. The van der Waals surface area contributed by atoms with Crippen LogP contribution in [0, 0.1) is 46.3 Å². The van der Waals surface area contributed by atoms with Crippen molar-refractivity contribution in [2.75, 3.05) is 0 Å². The lowest BCUT2D eigenvalue weighted by atomic mass is 9.47. The molecule has 0 radical (unpaired) electrons. The normalized spacial score (nSPS) is 33.3. The average Bonchev–Trinajstić information content (AvgIpc) is 3.74. The van der Waals surface area contributed by atoms with E-state index in [0.29, 0.717) is 47.0 Å². The molecular formula is C38H48O4. The number of unbranched alkanes of at least 4 members (excludes halogenated alkanes) is 10. The van der Waals surface area contributed by atoms with Gasteiger partial charge in [0.15, 0.2) is 0 Å². The Morgan fingerprint density at radius 2 is 0.810 bits per heavy atom. The molecular weight excluding hydrogens is 520 g/mol. The summed E-state index contributed by atoms with van der Waals surface area (Å²) >= 11 is 0. The summed E-state index contributed by atoms with van der Waals surface area (Å²) in [7, 11) is 0. The van der Waals surface area contributed by atoms with Crippen molar-refractivity contribution in [3.63, 3.8) is 0 Å². The number of carbonyl (C=O) groups excluding carboxylic acids is 2. The first-order chi connectivity index (χ1) is 20.6. The number of hydrogen-bond donors (Lipinski definition) is 0. The predicted octanol–water partition coefficient (Wildman–Crippen LogP) is 8.74. The smallest absolute Gasteiger partial charge is 0.318 e. The molecule has 0 aromatic heterocycles. The molecule has 0 aliphatic heterocycles. The van der Waals surface area contributed by atoms with Crippen molar-refractivity contribution < 1.29 is 19.1 Å². The lowest BCUT2D eigenvalue weighted by molar-refractivity contribution is -0.182. The number of aryl methyl sites for hydroxylation is 2. The first-order valence-electron chi connectivity index (χ1n) is 17.2. The maximum absolute atomic E-state index is 13.4. The fraction of sp³-hybridized carbons (Fsp3) is 0.632. The molecule has 0 bridgehead atoms. The van der Waals surface area contributed by atoms with Crippen LogP contribution in [-0.2, 0) is 22.4 Å². The van der Waals surface area contributed by atoms with Crippen molar-refractivity contribution in [3.05, 3.63) is 59.7 Å². The highest BCUT2D eigenvalue weighted by atomic mass is 16.5. The molecule has 0 atom stereocenters. The zero-order chi connectivity index (χ0) is 28.9. The molecule has 2 aromatic carbocycles. The van der Waals surface area contributed by atoms with Gasteiger partial charge in [0.1, 0.15) is 11.5 Å². The Morgan fingerprint density at radius 1 is 0.500 bits per heavy atom. The summed E-state index contributed by atoms with van der Waals surface area (Å²) in [6.07, 6.45) is 17.8. The predicted molar refractivity (Wildman–Crippen MR) is 164 cm³/mol. The summed E-state index contributed by atoms with van der Waals surface area (Å²) < 4.78 is 11.9. The van der Waals surface area contributed by atoms with Gasteiger partial charge in [-0.2, -0.15) is 0 Å². The van der Waals surface area contributed by atoms with Crippen molar-refractivity contribution in [1.82, 2.24) is 0 Å². The van der Waals surface area contributed by atoms with Gasteiger partial charge in [0.05, 0.1) is 10.8 Å². The minimum Gasteiger partial charge on any atom is -0.426 e. The van der Waals surface area contributed by atoms with Crippen LogP contribution in [0.5, 0.6) is 11.5 Å². The van der Waals surface area contributed by atoms with Crippen LogP contribution in [0.3, 0.4) is 0 Å². The molecule has 6 aliphatic carbocycles. The molecule has 0 N–H and O–H groups in total. The molecule has 0 amide bonds. The van der Waals surface area contributed by atoms with Crippen LogP contribution in [0.1, 0.15) is 102 Å². The van der Waals surface area contributed by atoms with Gasteiger partial charge in [-0.15, -0.1) is 0 Å². The number of hydrogen-bond acceptors (Lipinski definition) is 4. The molecule has 6 fully saturated rings. The number of ether oxygens (including phenoxy) is 2. The highest BCUT2D eigenvalue weighted by Crippen LogP contribution is 3.10. The summed E-state index contributed by atoms with van der Waals surface area (Å²) in [6, 6.07) is 16.3. The van der Waals surface area contributed by atoms with Crippen LogP contribution < -0.4 is 9.47 Å². The van der Waals surface area contributed by atoms with Gasteiger partial charge in [-0.3, -0.25) is 9.59 Å². The molecule has 0 saturated heterocycles. The Balaban J connectivity index is 0.864. The zero-order valence-corrected chi connectivity index (χ0v) is 25.6. The summed E-state index contributed by atoms with van der Waals surface area (Å²) in [5.74, 6) is 3.26. The van der Waals surface area contributed by atoms with E-state index in [0.717, 1.165) is 12.8 Å². The van der Waals surface area contributed by atoms with E-state index >= 15 is 0 Å². The van der Waals surface area contributed by atoms with E-state index < -0.39 is 0 Å². The molecule has 6 saturated carbocycles. The maximum Gasteiger partial charge on any atom is 0.318 e. The van der Waals surface area contributed by atoms with E-state index in [1.807, 2.05) is 24.3 Å². The minimum absolute atomic E-state index is 0.0439. The largest absolute Gasteiger partial charge is 0.426 e. The van der Waals surface area contributed by atoms with Gasteiger partial charge in [-0.1, -0.05) is 102 Å². The minimum atomic E-state index is -0.294. The van der Waals surface area contributed by atoms with Crippen LogP contribution in [0.2, 0.25) is 0 Å². The van der Waals surface area contributed by atoms with E-state index in [1.165, 1.54) is 88.2 Å². The van der Waals surface area contributed by atoms with Crippen molar-refractivity contribution >= 4 is 11.9 Å². The Bertz CT molecular complexity index is 1170. The summed E-state index contributed by atoms with van der Waals surface area (Å²) in [5.41, 5.74) is 2.04. The molecule has 0 heterocycles. The van der Waals surface area contributed by atoms with Crippen LogP contribution in [0.25, 0.3) is 0 Å². The van der Waals surface area contributed by atoms with Gasteiger partial charge in [-0.05, 0) is 96.6 Å². The van der Waals surface area contributed by atoms with Gasteiger partial charge < -0.3 is 9.47 Å². The van der Waals surface area contributed by atoms with Gasteiger partial charge in [0.25, 0.3) is 0 Å². The molecule has 8 rings (SSSR count). The number of carbonyl (C=O) groups is 2. The topological polar surface area (TPSA) is 52.6 Å². The van der Waals surface area contributed by atoms with Crippen LogP contribution in [0.4, 0.5) is 0 Å². The van der Waals surface area contributed by atoms with Crippen molar-refractivity contribution in [3.8, 4) is 11.5 Å². The second kappa shape index (κ2) is 11.1. The van der Waals surface area contributed by atoms with Gasteiger partial charge in [0, 0.05) is 0 Å². The molecule has 4 heteroatoms. The lowest BCUT2D eigenvalue weighted by Gasteiger charge is -2.54. The lowest BCUT2D eigenvalue weighted by Crippen LogP contribution is -2.61. The number of benzene rings is 2. The van der Waals surface area contributed by atoms with E-state index in [2.05, 4.69) is 38.1 Å². The SMILES string of the molecule is CCCCCCCCc1ccc(OC(=O)C23C4C2C2C5C3C4C52C(=O)Oc2ccc(CCCCCCCC)cc2)cc1. The molecule has 0 unspecified atom stereocenters. The van der Waals surface area contributed by atoms with Crippen molar-refractivity contribution in [1.29, 1.82) is 0 Å². The third-order valence-electron chi connectivity index (χ3n) is 12.0. The van der Waals surface area contributed by atoms with Crippen LogP contribution >= 0.6 is 0 Å². The third-order valence-corrected chi connectivity index (χ3v) is 12.0. The monoisotopic (exact) mass is 568 g/mol. The Labute approximate surface area is 251 Å². The highest BCUT2D eigenvalue weighted by Gasteiger charge is 3.13. The van der Waals surface area contributed by atoms with E-state index in [-0.39, 0.29) is 22.8 Å².